The summed E-state index contributed by atoms with van der Waals surface area (Å²) in [7, 11) is 2.02. The Morgan fingerprint density at radius 2 is 1.84 bits per heavy atom. The molecule has 0 amide bonds. The van der Waals surface area contributed by atoms with E-state index in [4.69, 9.17) is 5.10 Å². The van der Waals surface area contributed by atoms with Crippen LogP contribution in [-0.4, -0.2) is 23.4 Å². The maximum Gasteiger partial charge on any atom is 0.0628 e. The van der Waals surface area contributed by atoms with Crippen molar-refractivity contribution in [1.82, 2.24) is 15.1 Å². The highest BCUT2D eigenvalue weighted by Gasteiger charge is 2.19. The van der Waals surface area contributed by atoms with E-state index in [1.807, 2.05) is 7.05 Å². The maximum absolute atomic E-state index is 4.85. The van der Waals surface area contributed by atoms with Crippen molar-refractivity contribution in [2.45, 2.75) is 71.3 Å². The summed E-state index contributed by atoms with van der Waals surface area (Å²) in [5.74, 6) is 0. The first kappa shape index (κ1) is 14.6. The van der Waals surface area contributed by atoms with E-state index in [1.165, 1.54) is 61.9 Å². The van der Waals surface area contributed by atoms with Crippen molar-refractivity contribution in [3.8, 4) is 0 Å². The van der Waals surface area contributed by atoms with Crippen molar-refractivity contribution in [1.29, 1.82) is 0 Å². The Morgan fingerprint density at radius 1 is 1.16 bits per heavy atom. The monoisotopic (exact) mass is 263 g/mol. The second-order valence-electron chi connectivity index (χ2n) is 5.95. The first-order valence-electron chi connectivity index (χ1n) is 7.93. The minimum atomic E-state index is 0.652. The van der Waals surface area contributed by atoms with Gasteiger partial charge in [-0.15, -0.1) is 0 Å². The topological polar surface area (TPSA) is 29.9 Å². The van der Waals surface area contributed by atoms with Crippen LogP contribution < -0.4 is 5.32 Å². The van der Waals surface area contributed by atoms with Crippen molar-refractivity contribution < 1.29 is 0 Å². The van der Waals surface area contributed by atoms with Gasteiger partial charge in [0.05, 0.1) is 11.7 Å². The summed E-state index contributed by atoms with van der Waals surface area (Å²) in [5.41, 5.74) is 4.15. The zero-order chi connectivity index (χ0) is 13.7. The molecular formula is C16H29N3. The van der Waals surface area contributed by atoms with E-state index in [0.717, 1.165) is 13.0 Å². The van der Waals surface area contributed by atoms with Gasteiger partial charge in [0.1, 0.15) is 0 Å². The van der Waals surface area contributed by atoms with Crippen LogP contribution in [0.1, 0.15) is 67.9 Å². The fourth-order valence-electron chi connectivity index (χ4n) is 3.36. The second-order valence-corrected chi connectivity index (χ2v) is 5.95. The van der Waals surface area contributed by atoms with E-state index in [2.05, 4.69) is 23.8 Å². The Morgan fingerprint density at radius 3 is 2.47 bits per heavy atom. The SMILES string of the molecule is CNCCCc1c(C)nn(C2CCCCCC2)c1C. The molecule has 1 heterocycles. The molecule has 0 spiro atoms. The molecule has 1 saturated carbocycles. The van der Waals surface area contributed by atoms with Gasteiger partial charge in [0.2, 0.25) is 0 Å². The summed E-state index contributed by atoms with van der Waals surface area (Å²) >= 11 is 0. The number of nitrogens with zero attached hydrogens (tertiary/aromatic N) is 2. The van der Waals surface area contributed by atoms with Crippen LogP contribution >= 0.6 is 0 Å². The molecule has 2 rings (SSSR count). The average Bonchev–Trinajstić information content (AvgIpc) is 2.63. The van der Waals surface area contributed by atoms with Crippen LogP contribution in [0.15, 0.2) is 0 Å². The molecule has 0 unspecified atom stereocenters. The van der Waals surface area contributed by atoms with Crippen molar-refractivity contribution in [3.05, 3.63) is 17.0 Å². The highest BCUT2D eigenvalue weighted by molar-refractivity contribution is 5.25. The van der Waals surface area contributed by atoms with Gasteiger partial charge in [0.25, 0.3) is 0 Å². The Balaban J connectivity index is 2.10. The number of aryl methyl sites for hydroxylation is 1. The molecule has 0 saturated heterocycles. The van der Waals surface area contributed by atoms with Gasteiger partial charge in [-0.25, -0.2) is 0 Å². The molecule has 1 aliphatic rings. The maximum atomic E-state index is 4.85. The normalized spacial score (nSPS) is 17.6. The molecule has 108 valence electrons. The van der Waals surface area contributed by atoms with Gasteiger partial charge in [-0.05, 0) is 58.7 Å². The zero-order valence-electron chi connectivity index (χ0n) is 12.8. The molecular weight excluding hydrogens is 234 g/mol. The average molecular weight is 263 g/mol. The molecule has 0 radical (unpaired) electrons. The third-order valence-corrected chi connectivity index (χ3v) is 4.50. The fourth-order valence-corrected chi connectivity index (χ4v) is 3.36. The lowest BCUT2D eigenvalue weighted by Gasteiger charge is -2.17. The number of hydrogen-bond acceptors (Lipinski definition) is 2. The first-order valence-corrected chi connectivity index (χ1v) is 7.93. The standard InChI is InChI=1S/C16H29N3/c1-13-16(11-8-12-17-3)14(2)19(18-13)15-9-6-4-5-7-10-15/h15,17H,4-12H2,1-3H3. The second kappa shape index (κ2) is 7.09. The smallest absolute Gasteiger partial charge is 0.0628 e. The van der Waals surface area contributed by atoms with Gasteiger partial charge in [-0.1, -0.05) is 25.7 Å². The van der Waals surface area contributed by atoms with E-state index >= 15 is 0 Å². The summed E-state index contributed by atoms with van der Waals surface area (Å²) in [6, 6.07) is 0.652. The Bertz CT molecular complexity index is 387. The number of rotatable bonds is 5. The third-order valence-electron chi connectivity index (χ3n) is 4.50. The van der Waals surface area contributed by atoms with Crippen LogP contribution in [0.25, 0.3) is 0 Å². The summed E-state index contributed by atoms with van der Waals surface area (Å²) in [5, 5.41) is 8.08. The van der Waals surface area contributed by atoms with E-state index < -0.39 is 0 Å². The van der Waals surface area contributed by atoms with Crippen molar-refractivity contribution >= 4 is 0 Å². The number of hydrogen-bond donors (Lipinski definition) is 1. The lowest BCUT2D eigenvalue weighted by atomic mass is 10.1. The van der Waals surface area contributed by atoms with Gasteiger partial charge < -0.3 is 5.32 Å². The van der Waals surface area contributed by atoms with Gasteiger partial charge >= 0.3 is 0 Å². The molecule has 19 heavy (non-hydrogen) atoms. The number of aromatic nitrogens is 2. The van der Waals surface area contributed by atoms with E-state index in [-0.39, 0.29) is 0 Å². The van der Waals surface area contributed by atoms with Crippen LogP contribution in [0.2, 0.25) is 0 Å². The molecule has 1 N–H and O–H groups in total. The molecule has 0 atom stereocenters. The molecule has 1 aliphatic carbocycles. The predicted octanol–water partition coefficient (Wildman–Crippen LogP) is 3.55. The molecule has 3 nitrogen and oxygen atoms in total. The van der Waals surface area contributed by atoms with Gasteiger partial charge in [-0.2, -0.15) is 5.10 Å². The quantitative estimate of drug-likeness (QED) is 0.650. The summed E-state index contributed by atoms with van der Waals surface area (Å²) in [6.07, 6.45) is 10.6. The van der Waals surface area contributed by atoms with Gasteiger partial charge in [0, 0.05) is 5.69 Å². The molecule has 1 aromatic heterocycles. The van der Waals surface area contributed by atoms with Crippen molar-refractivity contribution in [2.24, 2.45) is 0 Å². The lowest BCUT2D eigenvalue weighted by molar-refractivity contribution is 0.396. The highest BCUT2D eigenvalue weighted by atomic mass is 15.3. The third kappa shape index (κ3) is 3.59. The van der Waals surface area contributed by atoms with E-state index in [0.29, 0.717) is 6.04 Å². The molecule has 0 aromatic carbocycles. The molecule has 3 heteroatoms. The fraction of sp³-hybridized carbons (Fsp3) is 0.812. The molecule has 0 aliphatic heterocycles. The van der Waals surface area contributed by atoms with Gasteiger partial charge in [-0.3, -0.25) is 4.68 Å². The zero-order valence-corrected chi connectivity index (χ0v) is 12.8. The van der Waals surface area contributed by atoms with Crippen LogP contribution in [-0.2, 0) is 6.42 Å². The summed E-state index contributed by atoms with van der Waals surface area (Å²) in [6.45, 7) is 5.53. The van der Waals surface area contributed by atoms with Crippen LogP contribution in [0, 0.1) is 13.8 Å². The largest absolute Gasteiger partial charge is 0.320 e. The Labute approximate surface area is 117 Å². The molecule has 0 bridgehead atoms. The van der Waals surface area contributed by atoms with Crippen LogP contribution in [0.4, 0.5) is 0 Å². The molecule has 1 fully saturated rings. The Kier molecular flexibility index (Phi) is 5.44. The van der Waals surface area contributed by atoms with E-state index in [1.54, 1.807) is 0 Å². The summed E-state index contributed by atoms with van der Waals surface area (Å²) in [4.78, 5) is 0. The van der Waals surface area contributed by atoms with Crippen LogP contribution in [0.3, 0.4) is 0 Å². The first-order chi connectivity index (χ1) is 9.24. The number of nitrogens with one attached hydrogen (secondary N) is 1. The highest BCUT2D eigenvalue weighted by Crippen LogP contribution is 2.29. The minimum Gasteiger partial charge on any atom is -0.320 e. The molecule has 1 aromatic rings. The van der Waals surface area contributed by atoms with Crippen molar-refractivity contribution in [2.75, 3.05) is 13.6 Å². The Hall–Kier alpha value is -0.830. The van der Waals surface area contributed by atoms with E-state index in [9.17, 15) is 0 Å². The predicted molar refractivity (Wildman–Crippen MR) is 80.7 cm³/mol. The van der Waals surface area contributed by atoms with Crippen LogP contribution in [0.5, 0.6) is 0 Å². The van der Waals surface area contributed by atoms with Gasteiger partial charge in [0.15, 0.2) is 0 Å². The van der Waals surface area contributed by atoms with Crippen molar-refractivity contribution in [3.63, 3.8) is 0 Å². The summed E-state index contributed by atoms with van der Waals surface area (Å²) < 4.78 is 2.34. The lowest BCUT2D eigenvalue weighted by Crippen LogP contribution is -2.12. The minimum absolute atomic E-state index is 0.652.